The zero-order valence-corrected chi connectivity index (χ0v) is 18.4. The average molecular weight is 446 g/mol. The number of para-hydroxylation sites is 1. The highest BCUT2D eigenvalue weighted by atomic mass is 16.5. The molecule has 1 fully saturated rings. The number of ether oxygens (including phenoxy) is 1. The first-order chi connectivity index (χ1) is 16.1. The highest BCUT2D eigenvalue weighted by Gasteiger charge is 2.30. The van der Waals surface area contributed by atoms with Gasteiger partial charge in [0.1, 0.15) is 23.0 Å². The number of fused-ring (bicyclic) bond motifs is 1. The van der Waals surface area contributed by atoms with Gasteiger partial charge in [0.25, 0.3) is 5.91 Å². The number of carboxylic acid groups (broad SMARTS) is 1. The summed E-state index contributed by atoms with van der Waals surface area (Å²) in [6.07, 6.45) is 4.66. The quantitative estimate of drug-likeness (QED) is 0.631. The van der Waals surface area contributed by atoms with Crippen molar-refractivity contribution in [2.75, 3.05) is 13.1 Å². The molecule has 33 heavy (non-hydrogen) atoms. The summed E-state index contributed by atoms with van der Waals surface area (Å²) in [7, 11) is 0. The third-order valence-electron chi connectivity index (χ3n) is 6.67. The van der Waals surface area contributed by atoms with Crippen molar-refractivity contribution in [1.29, 1.82) is 0 Å². The van der Waals surface area contributed by atoms with Crippen LogP contribution in [0.5, 0.6) is 11.5 Å². The van der Waals surface area contributed by atoms with Gasteiger partial charge < -0.3 is 19.3 Å². The molecule has 0 spiro atoms. The van der Waals surface area contributed by atoms with Crippen molar-refractivity contribution >= 4 is 11.9 Å². The number of likely N-dealkylation sites (tertiary alicyclic amines) is 1. The van der Waals surface area contributed by atoms with Gasteiger partial charge in [-0.3, -0.25) is 9.59 Å². The number of hydrogen-bond donors (Lipinski definition) is 1. The van der Waals surface area contributed by atoms with Gasteiger partial charge in [-0.15, -0.1) is 0 Å². The molecule has 1 saturated heterocycles. The lowest BCUT2D eigenvalue weighted by atomic mass is 9.91. The number of aryl methyl sites for hydroxylation is 1. The molecule has 0 bridgehead atoms. The van der Waals surface area contributed by atoms with Gasteiger partial charge in [-0.25, -0.2) is 4.98 Å². The van der Waals surface area contributed by atoms with Crippen molar-refractivity contribution in [3.63, 3.8) is 0 Å². The normalized spacial score (nSPS) is 18.5. The molecule has 2 aromatic carbocycles. The first-order valence-corrected chi connectivity index (χ1v) is 11.5. The Morgan fingerprint density at radius 2 is 1.64 bits per heavy atom. The summed E-state index contributed by atoms with van der Waals surface area (Å²) in [4.78, 5) is 30.4. The molecule has 7 nitrogen and oxygen atoms in total. The van der Waals surface area contributed by atoms with Gasteiger partial charge in [0.15, 0.2) is 0 Å². The van der Waals surface area contributed by atoms with E-state index in [4.69, 9.17) is 9.84 Å². The lowest BCUT2D eigenvalue weighted by molar-refractivity contribution is -0.143. The SMILES string of the molecule is O=C(O)C1CCN(C(=O)c2cn3c(n2)CCC(c2ccc(Oc4ccccc4)cc2)C3)CC1. The fourth-order valence-electron chi connectivity index (χ4n) is 4.74. The van der Waals surface area contributed by atoms with Crippen LogP contribution in [0, 0.1) is 5.92 Å². The van der Waals surface area contributed by atoms with E-state index >= 15 is 0 Å². The number of aromatic nitrogens is 2. The number of carboxylic acids is 1. The molecule has 3 aromatic rings. The number of imidazole rings is 1. The number of rotatable bonds is 5. The predicted molar refractivity (Wildman–Crippen MR) is 123 cm³/mol. The summed E-state index contributed by atoms with van der Waals surface area (Å²) in [5.41, 5.74) is 1.71. The smallest absolute Gasteiger partial charge is 0.306 e. The molecule has 170 valence electrons. The van der Waals surface area contributed by atoms with Crippen LogP contribution in [0.1, 0.15) is 47.1 Å². The van der Waals surface area contributed by atoms with Crippen LogP contribution in [0.4, 0.5) is 0 Å². The second-order valence-electron chi connectivity index (χ2n) is 8.82. The largest absolute Gasteiger partial charge is 0.481 e. The molecular weight excluding hydrogens is 418 g/mol. The topological polar surface area (TPSA) is 84.7 Å². The third kappa shape index (κ3) is 4.62. The molecule has 7 heteroatoms. The number of amides is 1. The standard InChI is InChI=1S/C26H27N3O4/c30-25(28-14-12-19(13-15-28)26(31)32)23-17-29-16-20(8-11-24(29)27-23)18-6-9-22(10-7-18)33-21-4-2-1-3-5-21/h1-7,9-10,17,19-20H,8,11-16H2,(H,31,32). The van der Waals surface area contributed by atoms with E-state index in [9.17, 15) is 9.59 Å². The molecule has 3 heterocycles. The molecule has 2 aliphatic heterocycles. The lowest BCUT2D eigenvalue weighted by Gasteiger charge is -2.29. The van der Waals surface area contributed by atoms with E-state index in [1.807, 2.05) is 48.7 Å². The van der Waals surface area contributed by atoms with E-state index < -0.39 is 5.97 Å². The Balaban J connectivity index is 1.22. The van der Waals surface area contributed by atoms with Gasteiger partial charge >= 0.3 is 5.97 Å². The van der Waals surface area contributed by atoms with Gasteiger partial charge in [0.2, 0.25) is 0 Å². The summed E-state index contributed by atoms with van der Waals surface area (Å²) >= 11 is 0. The lowest BCUT2D eigenvalue weighted by Crippen LogP contribution is -2.40. The highest BCUT2D eigenvalue weighted by Crippen LogP contribution is 2.31. The zero-order valence-electron chi connectivity index (χ0n) is 18.4. The van der Waals surface area contributed by atoms with Crippen LogP contribution in [0.25, 0.3) is 0 Å². The fourth-order valence-corrected chi connectivity index (χ4v) is 4.74. The van der Waals surface area contributed by atoms with Crippen molar-refractivity contribution in [1.82, 2.24) is 14.5 Å². The number of nitrogens with zero attached hydrogens (tertiary/aromatic N) is 3. The molecule has 0 saturated carbocycles. The summed E-state index contributed by atoms with van der Waals surface area (Å²) in [6.45, 7) is 1.73. The maximum Gasteiger partial charge on any atom is 0.306 e. The average Bonchev–Trinajstić information content (AvgIpc) is 3.28. The van der Waals surface area contributed by atoms with Crippen LogP contribution in [-0.4, -0.2) is 44.5 Å². The van der Waals surface area contributed by atoms with E-state index in [1.54, 1.807) is 4.90 Å². The summed E-state index contributed by atoms with van der Waals surface area (Å²) in [5, 5.41) is 9.16. The Kier molecular flexibility index (Phi) is 5.86. The van der Waals surface area contributed by atoms with Crippen LogP contribution in [0.3, 0.4) is 0 Å². The van der Waals surface area contributed by atoms with E-state index in [0.29, 0.717) is 37.5 Å². The van der Waals surface area contributed by atoms with Crippen molar-refractivity contribution in [2.24, 2.45) is 5.92 Å². The van der Waals surface area contributed by atoms with Gasteiger partial charge in [-0.1, -0.05) is 30.3 Å². The highest BCUT2D eigenvalue weighted by molar-refractivity contribution is 5.92. The van der Waals surface area contributed by atoms with E-state index in [2.05, 4.69) is 21.7 Å². The molecule has 0 aliphatic carbocycles. The maximum atomic E-state index is 12.9. The van der Waals surface area contributed by atoms with E-state index in [-0.39, 0.29) is 11.8 Å². The predicted octanol–water partition coefficient (Wildman–Crippen LogP) is 4.34. The molecule has 1 atom stereocenters. The van der Waals surface area contributed by atoms with Gasteiger partial charge in [0.05, 0.1) is 5.92 Å². The molecule has 1 amide bonds. The second-order valence-corrected chi connectivity index (χ2v) is 8.82. The van der Waals surface area contributed by atoms with Crippen molar-refractivity contribution < 1.29 is 19.4 Å². The second kappa shape index (κ2) is 9.10. The minimum atomic E-state index is -0.773. The summed E-state index contributed by atoms with van der Waals surface area (Å²) in [6, 6.07) is 18.0. The van der Waals surface area contributed by atoms with Crippen molar-refractivity contribution in [2.45, 2.75) is 38.1 Å². The maximum absolute atomic E-state index is 12.9. The van der Waals surface area contributed by atoms with Gasteiger partial charge in [-0.2, -0.15) is 0 Å². The summed E-state index contributed by atoms with van der Waals surface area (Å²) in [5.74, 6) is 1.70. The van der Waals surface area contributed by atoms with E-state index in [1.165, 1.54) is 5.56 Å². The molecule has 2 aliphatic rings. The van der Waals surface area contributed by atoms with E-state index in [0.717, 1.165) is 36.7 Å². The zero-order chi connectivity index (χ0) is 22.8. The number of benzene rings is 2. The molecule has 0 radical (unpaired) electrons. The molecule has 1 unspecified atom stereocenters. The first kappa shape index (κ1) is 21.2. The minimum absolute atomic E-state index is 0.0975. The monoisotopic (exact) mass is 445 g/mol. The van der Waals surface area contributed by atoms with Crippen LogP contribution in [0.2, 0.25) is 0 Å². The van der Waals surface area contributed by atoms with Crippen LogP contribution in [0.15, 0.2) is 60.8 Å². The van der Waals surface area contributed by atoms with Crippen molar-refractivity contribution in [3.05, 3.63) is 77.9 Å². The Morgan fingerprint density at radius 1 is 0.939 bits per heavy atom. The Bertz CT molecular complexity index is 1130. The van der Waals surface area contributed by atoms with Crippen LogP contribution in [-0.2, 0) is 17.8 Å². The number of hydrogen-bond acceptors (Lipinski definition) is 4. The Labute approximate surface area is 192 Å². The number of carbonyl (C=O) groups is 2. The molecule has 1 N–H and O–H groups in total. The van der Waals surface area contributed by atoms with Gasteiger partial charge in [-0.05, 0) is 49.1 Å². The van der Waals surface area contributed by atoms with Crippen LogP contribution < -0.4 is 4.74 Å². The Hall–Kier alpha value is -3.61. The van der Waals surface area contributed by atoms with Crippen LogP contribution >= 0.6 is 0 Å². The number of piperidine rings is 1. The molecule has 1 aromatic heterocycles. The first-order valence-electron chi connectivity index (χ1n) is 11.5. The molecular formula is C26H27N3O4. The number of aliphatic carboxylic acids is 1. The molecule has 5 rings (SSSR count). The third-order valence-corrected chi connectivity index (χ3v) is 6.67. The minimum Gasteiger partial charge on any atom is -0.481 e. The fraction of sp³-hybridized carbons (Fsp3) is 0.346. The number of carbonyl (C=O) groups excluding carboxylic acids is 1. The van der Waals surface area contributed by atoms with Gasteiger partial charge in [0, 0.05) is 38.2 Å². The summed E-state index contributed by atoms with van der Waals surface area (Å²) < 4.78 is 7.99. The Morgan fingerprint density at radius 3 is 2.33 bits per heavy atom. The van der Waals surface area contributed by atoms with Crippen molar-refractivity contribution in [3.8, 4) is 11.5 Å².